The van der Waals surface area contributed by atoms with E-state index in [-0.39, 0.29) is 11.8 Å². The van der Waals surface area contributed by atoms with E-state index in [0.717, 1.165) is 16.7 Å². The van der Waals surface area contributed by atoms with Crippen LogP contribution in [0, 0.1) is 5.82 Å². The third-order valence-corrected chi connectivity index (χ3v) is 5.77. The van der Waals surface area contributed by atoms with E-state index in [1.807, 2.05) is 36.4 Å². The van der Waals surface area contributed by atoms with Crippen molar-refractivity contribution >= 4 is 23.3 Å². The Morgan fingerprint density at radius 1 is 1.03 bits per heavy atom. The Labute approximate surface area is 185 Å². The monoisotopic (exact) mass is 440 g/mol. The molecule has 2 amide bonds. The fraction of sp³-hybridized carbons (Fsp3) is 0.208. The van der Waals surface area contributed by atoms with Gasteiger partial charge in [-0.3, -0.25) is 0 Å². The Hall–Kier alpha value is -3.25. The molecular formula is C24H22ClFN2O3. The molecular weight excluding hydrogens is 419 g/mol. The number of nitrogens with one attached hydrogen (secondary N) is 1. The lowest BCUT2D eigenvalue weighted by Gasteiger charge is -2.38. The van der Waals surface area contributed by atoms with Gasteiger partial charge in [-0.2, -0.15) is 0 Å². The molecule has 0 aliphatic carbocycles. The van der Waals surface area contributed by atoms with E-state index >= 15 is 0 Å². The van der Waals surface area contributed by atoms with Gasteiger partial charge in [0.25, 0.3) is 0 Å². The molecule has 3 aromatic rings. The summed E-state index contributed by atoms with van der Waals surface area (Å²) >= 11 is 6.55. The van der Waals surface area contributed by atoms with Crippen LogP contribution in [0.15, 0.2) is 60.7 Å². The normalized spacial score (nSPS) is 15.2. The van der Waals surface area contributed by atoms with Gasteiger partial charge >= 0.3 is 6.03 Å². The Balaban J connectivity index is 1.78. The first-order valence-electron chi connectivity index (χ1n) is 9.84. The minimum atomic E-state index is -0.419. The van der Waals surface area contributed by atoms with Crippen LogP contribution in [0.25, 0.3) is 0 Å². The van der Waals surface area contributed by atoms with Gasteiger partial charge in [0.1, 0.15) is 5.82 Å². The third kappa shape index (κ3) is 4.16. The highest BCUT2D eigenvalue weighted by molar-refractivity contribution is 6.31. The number of hydrogen-bond donors (Lipinski definition) is 1. The molecule has 0 radical (unpaired) electrons. The van der Waals surface area contributed by atoms with E-state index in [9.17, 15) is 9.18 Å². The van der Waals surface area contributed by atoms with E-state index in [1.54, 1.807) is 19.1 Å². The van der Waals surface area contributed by atoms with E-state index in [4.69, 9.17) is 21.1 Å². The number of urea groups is 1. The number of benzene rings is 3. The summed E-state index contributed by atoms with van der Waals surface area (Å²) in [7, 11) is 3.18. The lowest BCUT2D eigenvalue weighted by atomic mass is 9.87. The highest BCUT2D eigenvalue weighted by Gasteiger charge is 2.34. The van der Waals surface area contributed by atoms with Gasteiger partial charge in [-0.05, 0) is 65.6 Å². The van der Waals surface area contributed by atoms with E-state index in [1.165, 1.54) is 24.3 Å². The molecule has 31 heavy (non-hydrogen) atoms. The average Bonchev–Trinajstić information content (AvgIpc) is 2.79. The summed E-state index contributed by atoms with van der Waals surface area (Å²) in [6.07, 6.45) is 0.646. The number of carbonyl (C=O) groups is 1. The maximum Gasteiger partial charge on any atom is 0.322 e. The summed E-state index contributed by atoms with van der Waals surface area (Å²) in [6, 6.07) is 16.3. The number of anilines is 1. The third-order valence-electron chi connectivity index (χ3n) is 5.43. The molecule has 0 saturated carbocycles. The van der Waals surface area contributed by atoms with Crippen LogP contribution in [0.2, 0.25) is 5.02 Å². The zero-order valence-corrected chi connectivity index (χ0v) is 17.9. The molecule has 3 aromatic carbocycles. The molecule has 1 heterocycles. The van der Waals surface area contributed by atoms with Gasteiger partial charge in [-0.15, -0.1) is 0 Å². The van der Waals surface area contributed by atoms with Crippen molar-refractivity contribution in [2.75, 3.05) is 26.1 Å². The predicted molar refractivity (Wildman–Crippen MR) is 119 cm³/mol. The molecule has 0 aromatic heterocycles. The van der Waals surface area contributed by atoms with Crippen molar-refractivity contribution in [3.8, 4) is 11.5 Å². The predicted octanol–water partition coefficient (Wildman–Crippen LogP) is 5.68. The summed E-state index contributed by atoms with van der Waals surface area (Å²) in [6.45, 7) is 0.478. The first kappa shape index (κ1) is 21.0. The maximum absolute atomic E-state index is 13.3. The van der Waals surface area contributed by atoms with Crippen LogP contribution in [0.3, 0.4) is 0 Å². The highest BCUT2D eigenvalue weighted by Crippen LogP contribution is 2.42. The van der Waals surface area contributed by atoms with Crippen LogP contribution in [-0.2, 0) is 6.42 Å². The Morgan fingerprint density at radius 2 is 1.71 bits per heavy atom. The van der Waals surface area contributed by atoms with Crippen LogP contribution >= 0.6 is 11.6 Å². The van der Waals surface area contributed by atoms with Crippen LogP contribution in [0.4, 0.5) is 14.9 Å². The van der Waals surface area contributed by atoms with Gasteiger partial charge < -0.3 is 19.7 Å². The summed E-state index contributed by atoms with van der Waals surface area (Å²) in [5.74, 6) is 0.863. The zero-order chi connectivity index (χ0) is 22.0. The maximum atomic E-state index is 13.3. The van der Waals surface area contributed by atoms with E-state index in [2.05, 4.69) is 5.32 Å². The van der Waals surface area contributed by atoms with Crippen molar-refractivity contribution in [2.45, 2.75) is 12.5 Å². The van der Waals surface area contributed by atoms with Gasteiger partial charge in [-0.25, -0.2) is 9.18 Å². The standard InChI is InChI=1S/C24H22ClFN2O3/c1-30-21-13-15-11-12-28(24(29)27-17-9-7-16(26)8-10-17)23(19(15)14-22(21)31-2)18-5-3-4-6-20(18)25/h3-10,13-14,23H,11-12H2,1-2H3,(H,27,29)/t23-/m1/s1. The van der Waals surface area contributed by atoms with Crippen molar-refractivity contribution < 1.29 is 18.7 Å². The molecule has 0 spiro atoms. The number of methoxy groups -OCH3 is 2. The smallest absolute Gasteiger partial charge is 0.322 e. The molecule has 0 bridgehead atoms. The topological polar surface area (TPSA) is 50.8 Å². The molecule has 1 aliphatic rings. The van der Waals surface area contributed by atoms with Crippen molar-refractivity contribution in [2.24, 2.45) is 0 Å². The molecule has 5 nitrogen and oxygen atoms in total. The molecule has 0 fully saturated rings. The number of halogens is 2. The summed E-state index contributed by atoms with van der Waals surface area (Å²) in [5, 5.41) is 3.43. The number of fused-ring (bicyclic) bond motifs is 1. The molecule has 160 valence electrons. The van der Waals surface area contributed by atoms with Crippen molar-refractivity contribution in [3.63, 3.8) is 0 Å². The summed E-state index contributed by atoms with van der Waals surface area (Å²) < 4.78 is 24.2. The van der Waals surface area contributed by atoms with Gasteiger partial charge in [0.15, 0.2) is 11.5 Å². The largest absolute Gasteiger partial charge is 0.493 e. The fourth-order valence-corrected chi connectivity index (χ4v) is 4.16. The van der Waals surface area contributed by atoms with Crippen LogP contribution in [0.1, 0.15) is 22.7 Å². The van der Waals surface area contributed by atoms with Crippen molar-refractivity contribution in [3.05, 3.63) is 88.2 Å². The fourth-order valence-electron chi connectivity index (χ4n) is 3.93. The number of hydrogen-bond acceptors (Lipinski definition) is 3. The van der Waals surface area contributed by atoms with E-state index < -0.39 is 6.04 Å². The second-order valence-corrected chi connectivity index (χ2v) is 7.62. The van der Waals surface area contributed by atoms with Crippen molar-refractivity contribution in [1.29, 1.82) is 0 Å². The molecule has 1 aliphatic heterocycles. The Bertz CT molecular complexity index is 1100. The van der Waals surface area contributed by atoms with Gasteiger partial charge in [-0.1, -0.05) is 29.8 Å². The molecule has 0 unspecified atom stereocenters. The minimum absolute atomic E-state index is 0.294. The number of ether oxygens (including phenoxy) is 2. The highest BCUT2D eigenvalue weighted by atomic mass is 35.5. The number of nitrogens with zero attached hydrogens (tertiary/aromatic N) is 1. The van der Waals surface area contributed by atoms with Gasteiger partial charge in [0, 0.05) is 17.3 Å². The second-order valence-electron chi connectivity index (χ2n) is 7.21. The van der Waals surface area contributed by atoms with Crippen LogP contribution in [0.5, 0.6) is 11.5 Å². The van der Waals surface area contributed by atoms with Crippen LogP contribution < -0.4 is 14.8 Å². The Morgan fingerprint density at radius 3 is 2.39 bits per heavy atom. The van der Waals surface area contributed by atoms with Crippen molar-refractivity contribution in [1.82, 2.24) is 4.90 Å². The Kier molecular flexibility index (Phi) is 6.00. The zero-order valence-electron chi connectivity index (χ0n) is 17.2. The lowest BCUT2D eigenvalue weighted by Crippen LogP contribution is -2.43. The van der Waals surface area contributed by atoms with Crippen LogP contribution in [-0.4, -0.2) is 31.7 Å². The molecule has 1 atom stereocenters. The first-order chi connectivity index (χ1) is 15.0. The van der Waals surface area contributed by atoms with Gasteiger partial charge in [0.05, 0.1) is 20.3 Å². The molecule has 4 rings (SSSR count). The molecule has 0 saturated heterocycles. The second kappa shape index (κ2) is 8.86. The quantitative estimate of drug-likeness (QED) is 0.568. The number of carbonyl (C=O) groups excluding carboxylic acids is 1. The molecule has 1 N–H and O–H groups in total. The first-order valence-corrected chi connectivity index (χ1v) is 10.2. The number of rotatable bonds is 4. The van der Waals surface area contributed by atoms with E-state index in [0.29, 0.717) is 35.2 Å². The lowest BCUT2D eigenvalue weighted by molar-refractivity contribution is 0.193. The minimum Gasteiger partial charge on any atom is -0.493 e. The average molecular weight is 441 g/mol. The number of amides is 2. The summed E-state index contributed by atoms with van der Waals surface area (Å²) in [5.41, 5.74) is 3.31. The molecule has 7 heteroatoms. The van der Waals surface area contributed by atoms with Gasteiger partial charge in [0.2, 0.25) is 0 Å². The summed E-state index contributed by atoms with van der Waals surface area (Å²) in [4.78, 5) is 15.0. The SMILES string of the molecule is COc1cc2c(cc1OC)[C@@H](c1ccccc1Cl)N(C(=O)Nc1ccc(F)cc1)CC2.